The Hall–Kier alpha value is -1.73. The number of rotatable bonds is 3. The summed E-state index contributed by atoms with van der Waals surface area (Å²) in [4.78, 5) is 14.8. The number of hydrogen-bond donors (Lipinski definition) is 2. The van der Waals surface area contributed by atoms with Crippen molar-refractivity contribution in [2.75, 3.05) is 11.9 Å². The molecule has 1 rings (SSSR count). The Morgan fingerprint density at radius 1 is 1.80 bits per heavy atom. The molecule has 4 nitrogen and oxygen atoms in total. The first-order chi connectivity index (χ1) is 7.06. The molecule has 1 heterocycles. The molecule has 0 unspecified atom stereocenters. The summed E-state index contributed by atoms with van der Waals surface area (Å²) in [7, 11) is 0. The molecular formula is C10H9ClN2O2. The summed E-state index contributed by atoms with van der Waals surface area (Å²) < 4.78 is 0. The zero-order chi connectivity index (χ0) is 11.4. The number of nitrogens with one attached hydrogen (secondary N) is 1. The third kappa shape index (κ3) is 2.61. The van der Waals surface area contributed by atoms with Gasteiger partial charge in [0.05, 0.1) is 22.8 Å². The number of aromatic carboxylic acids is 1. The second-order valence-electron chi connectivity index (χ2n) is 2.81. The third-order valence-electron chi connectivity index (χ3n) is 1.75. The van der Waals surface area contributed by atoms with Crippen LogP contribution < -0.4 is 5.32 Å². The highest BCUT2D eigenvalue weighted by Gasteiger charge is 2.12. The van der Waals surface area contributed by atoms with Crippen molar-refractivity contribution in [3.8, 4) is 12.3 Å². The second-order valence-corrected chi connectivity index (χ2v) is 3.22. The van der Waals surface area contributed by atoms with Crippen LogP contribution in [0.5, 0.6) is 0 Å². The minimum atomic E-state index is -1.05. The lowest BCUT2D eigenvalue weighted by Crippen LogP contribution is -2.07. The molecule has 0 saturated carbocycles. The van der Waals surface area contributed by atoms with E-state index in [1.807, 2.05) is 0 Å². The van der Waals surface area contributed by atoms with Crippen molar-refractivity contribution < 1.29 is 9.90 Å². The monoisotopic (exact) mass is 224 g/mol. The highest BCUT2D eigenvalue weighted by atomic mass is 35.5. The number of aryl methyl sites for hydroxylation is 1. The molecule has 0 aliphatic rings. The lowest BCUT2D eigenvalue weighted by atomic mass is 10.2. The molecule has 15 heavy (non-hydrogen) atoms. The highest BCUT2D eigenvalue weighted by Crippen LogP contribution is 2.22. The average molecular weight is 225 g/mol. The zero-order valence-corrected chi connectivity index (χ0v) is 8.80. The average Bonchev–Trinajstić information content (AvgIpc) is 2.18. The number of carboxylic acid groups (broad SMARTS) is 1. The van der Waals surface area contributed by atoms with Crippen LogP contribution in [-0.2, 0) is 0 Å². The summed E-state index contributed by atoms with van der Waals surface area (Å²) in [5.41, 5.74) is 0.484. The summed E-state index contributed by atoms with van der Waals surface area (Å²) in [5.74, 6) is 1.72. The molecular weight excluding hydrogens is 216 g/mol. The van der Waals surface area contributed by atoms with Crippen molar-refractivity contribution in [1.29, 1.82) is 0 Å². The van der Waals surface area contributed by atoms with Crippen LogP contribution in [0.15, 0.2) is 6.07 Å². The van der Waals surface area contributed by atoms with Crippen LogP contribution in [0.1, 0.15) is 16.1 Å². The minimum Gasteiger partial charge on any atom is -0.478 e. The van der Waals surface area contributed by atoms with Crippen LogP contribution in [0.4, 0.5) is 5.82 Å². The number of aromatic nitrogens is 1. The maximum absolute atomic E-state index is 10.7. The summed E-state index contributed by atoms with van der Waals surface area (Å²) in [6.07, 6.45) is 5.07. The van der Waals surface area contributed by atoms with Gasteiger partial charge < -0.3 is 10.4 Å². The summed E-state index contributed by atoms with van der Waals surface area (Å²) >= 11 is 5.82. The van der Waals surface area contributed by atoms with Crippen LogP contribution in [0.2, 0.25) is 5.02 Å². The molecule has 0 aliphatic heterocycles. The van der Waals surface area contributed by atoms with Gasteiger partial charge in [-0.1, -0.05) is 17.5 Å². The van der Waals surface area contributed by atoms with Crippen molar-refractivity contribution in [2.45, 2.75) is 6.92 Å². The van der Waals surface area contributed by atoms with E-state index in [2.05, 4.69) is 16.2 Å². The van der Waals surface area contributed by atoms with E-state index in [1.54, 1.807) is 6.92 Å². The van der Waals surface area contributed by atoms with E-state index in [0.29, 0.717) is 18.1 Å². The lowest BCUT2D eigenvalue weighted by Gasteiger charge is -2.07. The third-order valence-corrected chi connectivity index (χ3v) is 2.04. The van der Waals surface area contributed by atoms with Crippen molar-refractivity contribution in [2.24, 2.45) is 0 Å². The van der Waals surface area contributed by atoms with Gasteiger partial charge in [0.2, 0.25) is 0 Å². The highest BCUT2D eigenvalue weighted by molar-refractivity contribution is 6.33. The van der Waals surface area contributed by atoms with E-state index in [4.69, 9.17) is 23.1 Å². The summed E-state index contributed by atoms with van der Waals surface area (Å²) in [6.45, 7) is 1.89. The molecule has 1 aromatic heterocycles. The maximum Gasteiger partial charge on any atom is 0.337 e. The number of anilines is 1. The van der Waals surface area contributed by atoms with Gasteiger partial charge in [0.1, 0.15) is 5.82 Å². The Morgan fingerprint density at radius 3 is 3.00 bits per heavy atom. The van der Waals surface area contributed by atoms with Gasteiger partial charge in [0.15, 0.2) is 0 Å². The molecule has 0 amide bonds. The van der Waals surface area contributed by atoms with Crippen molar-refractivity contribution in [3.63, 3.8) is 0 Å². The Labute approximate surface area is 92.3 Å². The topological polar surface area (TPSA) is 62.2 Å². The number of hydrogen-bond acceptors (Lipinski definition) is 3. The molecule has 2 N–H and O–H groups in total. The SMILES string of the molecule is C#CCNc1nc(C)c(C(=O)O)cc1Cl. The van der Waals surface area contributed by atoms with Gasteiger partial charge in [0, 0.05) is 0 Å². The van der Waals surface area contributed by atoms with Crippen LogP contribution in [-0.4, -0.2) is 22.6 Å². The van der Waals surface area contributed by atoms with E-state index >= 15 is 0 Å². The molecule has 5 heteroatoms. The largest absolute Gasteiger partial charge is 0.478 e. The van der Waals surface area contributed by atoms with Gasteiger partial charge in [-0.05, 0) is 13.0 Å². The van der Waals surface area contributed by atoms with E-state index in [-0.39, 0.29) is 10.6 Å². The number of pyridine rings is 1. The van der Waals surface area contributed by atoms with E-state index in [1.165, 1.54) is 6.07 Å². The molecule has 0 aliphatic carbocycles. The van der Waals surface area contributed by atoms with Crippen molar-refractivity contribution >= 4 is 23.4 Å². The zero-order valence-electron chi connectivity index (χ0n) is 8.04. The number of terminal acetylenes is 1. The number of carboxylic acids is 1. The van der Waals surface area contributed by atoms with Crippen LogP contribution >= 0.6 is 11.6 Å². The van der Waals surface area contributed by atoms with Gasteiger partial charge in [-0.2, -0.15) is 0 Å². The molecule has 0 radical (unpaired) electrons. The predicted octanol–water partition coefficient (Wildman–Crippen LogP) is 1.79. The Balaban J connectivity index is 3.09. The number of carbonyl (C=O) groups is 1. The van der Waals surface area contributed by atoms with Gasteiger partial charge in [-0.25, -0.2) is 9.78 Å². The smallest absolute Gasteiger partial charge is 0.337 e. The van der Waals surface area contributed by atoms with Gasteiger partial charge in [-0.15, -0.1) is 6.42 Å². The quantitative estimate of drug-likeness (QED) is 0.769. The molecule has 0 aromatic carbocycles. The fourth-order valence-corrected chi connectivity index (χ4v) is 1.27. The van der Waals surface area contributed by atoms with Crippen LogP contribution in [0.25, 0.3) is 0 Å². The first kappa shape index (κ1) is 11.3. The predicted molar refractivity (Wildman–Crippen MR) is 58.3 cm³/mol. The minimum absolute atomic E-state index is 0.0891. The number of nitrogens with zero attached hydrogens (tertiary/aromatic N) is 1. The normalized spacial score (nSPS) is 9.40. The van der Waals surface area contributed by atoms with Crippen molar-refractivity contribution in [3.05, 3.63) is 22.3 Å². The first-order valence-corrected chi connectivity index (χ1v) is 4.52. The molecule has 1 aromatic rings. The lowest BCUT2D eigenvalue weighted by molar-refractivity contribution is 0.0695. The Bertz CT molecular complexity index is 438. The van der Waals surface area contributed by atoms with Crippen molar-refractivity contribution in [1.82, 2.24) is 4.98 Å². The van der Waals surface area contributed by atoms with Gasteiger partial charge >= 0.3 is 5.97 Å². The van der Waals surface area contributed by atoms with E-state index < -0.39 is 5.97 Å². The van der Waals surface area contributed by atoms with Gasteiger partial charge in [-0.3, -0.25) is 0 Å². The fourth-order valence-electron chi connectivity index (χ4n) is 1.06. The summed E-state index contributed by atoms with van der Waals surface area (Å²) in [6, 6.07) is 1.35. The molecule has 78 valence electrons. The first-order valence-electron chi connectivity index (χ1n) is 4.14. The molecule has 0 spiro atoms. The van der Waals surface area contributed by atoms with Crippen LogP contribution in [0.3, 0.4) is 0 Å². The summed E-state index contributed by atoms with van der Waals surface area (Å²) in [5, 5.41) is 11.8. The van der Waals surface area contributed by atoms with Gasteiger partial charge in [0.25, 0.3) is 0 Å². The Kier molecular flexibility index (Phi) is 3.53. The Morgan fingerprint density at radius 2 is 2.47 bits per heavy atom. The molecule has 0 fully saturated rings. The second kappa shape index (κ2) is 4.67. The number of halogens is 1. The fraction of sp³-hybridized carbons (Fsp3) is 0.200. The molecule has 0 bridgehead atoms. The van der Waals surface area contributed by atoms with E-state index in [9.17, 15) is 4.79 Å². The van der Waals surface area contributed by atoms with E-state index in [0.717, 1.165) is 0 Å². The standard InChI is InChI=1S/C10H9ClN2O2/c1-3-4-12-9-8(11)5-7(10(14)15)6(2)13-9/h1,5H,4H2,2H3,(H,12,13)(H,14,15). The molecule has 0 atom stereocenters. The van der Waals surface area contributed by atoms with Crippen LogP contribution in [0, 0.1) is 19.3 Å². The maximum atomic E-state index is 10.7. The molecule has 0 saturated heterocycles.